The molecule has 10 heteroatoms. The van der Waals surface area contributed by atoms with E-state index in [9.17, 15) is 38.5 Å². The SMILES string of the molecule is CC(C)(C)OC(=O)N[C@@]1(C(=O)O)C(Cc2ccccc2F)[C@H](O)[C@@H]2[C@@H](C(=O)O)[C@]21Cc1ccccc1F. The molecule has 2 fully saturated rings. The summed E-state index contributed by atoms with van der Waals surface area (Å²) in [5.74, 6) is -8.25. The van der Waals surface area contributed by atoms with Crippen molar-refractivity contribution in [3.63, 3.8) is 0 Å². The maximum atomic E-state index is 14.8. The highest BCUT2D eigenvalue weighted by Gasteiger charge is 2.88. The van der Waals surface area contributed by atoms with Gasteiger partial charge in [0, 0.05) is 17.3 Å². The van der Waals surface area contributed by atoms with Crippen LogP contribution in [-0.4, -0.2) is 50.6 Å². The first-order chi connectivity index (χ1) is 17.3. The largest absolute Gasteiger partial charge is 0.481 e. The first kappa shape index (κ1) is 26.5. The van der Waals surface area contributed by atoms with Gasteiger partial charge in [-0.3, -0.25) is 4.79 Å². The molecule has 0 bridgehead atoms. The molecule has 6 atom stereocenters. The summed E-state index contributed by atoms with van der Waals surface area (Å²) >= 11 is 0. The van der Waals surface area contributed by atoms with Gasteiger partial charge in [0.25, 0.3) is 0 Å². The molecule has 2 saturated carbocycles. The Morgan fingerprint density at radius 2 is 1.51 bits per heavy atom. The number of aliphatic carboxylic acids is 2. The van der Waals surface area contributed by atoms with Crippen molar-refractivity contribution >= 4 is 18.0 Å². The Balaban J connectivity index is 1.91. The van der Waals surface area contributed by atoms with Gasteiger partial charge in [-0.15, -0.1) is 0 Å². The van der Waals surface area contributed by atoms with Crippen molar-refractivity contribution in [1.29, 1.82) is 0 Å². The molecule has 0 aromatic heterocycles. The molecule has 2 aliphatic carbocycles. The standard InChI is InChI=1S/C27H29F2NO7/c1-25(2,3)37-24(36)30-27(23(34)35)16(12-14-8-4-6-10-17(14)28)21(31)19-20(22(32)33)26(19,27)13-15-9-5-7-11-18(15)29/h4-11,16,19-21,31H,12-13H2,1-3H3,(H,30,36)(H,32,33)(H,34,35)/t16?,19-,20-,21-,26-,27+/m0/s1. The molecule has 0 heterocycles. The van der Waals surface area contributed by atoms with Crippen LogP contribution in [0.4, 0.5) is 13.6 Å². The zero-order valence-corrected chi connectivity index (χ0v) is 20.6. The number of rotatable bonds is 7. The van der Waals surface area contributed by atoms with Gasteiger partial charge in [-0.1, -0.05) is 36.4 Å². The number of nitrogens with one attached hydrogen (secondary N) is 1. The minimum absolute atomic E-state index is 0.0339. The van der Waals surface area contributed by atoms with Gasteiger partial charge in [-0.2, -0.15) is 0 Å². The molecular formula is C27H29F2NO7. The van der Waals surface area contributed by atoms with Crippen LogP contribution < -0.4 is 5.32 Å². The normalized spacial score (nSPS) is 30.3. The number of amides is 1. The third-order valence-corrected chi connectivity index (χ3v) is 7.61. The zero-order chi connectivity index (χ0) is 27.3. The van der Waals surface area contributed by atoms with Gasteiger partial charge in [0.05, 0.1) is 12.0 Å². The summed E-state index contributed by atoms with van der Waals surface area (Å²) in [6.07, 6.45) is -3.42. The number of carbonyl (C=O) groups is 3. The summed E-state index contributed by atoms with van der Waals surface area (Å²) in [6, 6.07) is 11.1. The zero-order valence-electron chi connectivity index (χ0n) is 20.6. The summed E-state index contributed by atoms with van der Waals surface area (Å²) in [6.45, 7) is 4.69. The average Bonchev–Trinajstić information content (AvgIpc) is 3.42. The highest BCUT2D eigenvalue weighted by molar-refractivity contribution is 5.92. The molecule has 198 valence electrons. The fourth-order valence-electron chi connectivity index (χ4n) is 6.29. The Bertz CT molecular complexity index is 1250. The van der Waals surface area contributed by atoms with Crippen LogP contribution in [0.25, 0.3) is 0 Å². The van der Waals surface area contributed by atoms with E-state index in [0.29, 0.717) is 0 Å². The number of aliphatic hydroxyl groups is 1. The lowest BCUT2D eigenvalue weighted by Gasteiger charge is -2.42. The molecule has 1 amide bonds. The number of hydrogen-bond donors (Lipinski definition) is 4. The minimum atomic E-state index is -2.42. The van der Waals surface area contributed by atoms with Crippen LogP contribution in [0, 0.1) is 34.8 Å². The summed E-state index contributed by atoms with van der Waals surface area (Å²) < 4.78 is 34.7. The second-order valence-corrected chi connectivity index (χ2v) is 10.8. The lowest BCUT2D eigenvalue weighted by Crippen LogP contribution is -2.66. The number of hydrogen-bond acceptors (Lipinski definition) is 5. The summed E-state index contributed by atoms with van der Waals surface area (Å²) in [7, 11) is 0. The number of ether oxygens (including phenoxy) is 1. The van der Waals surface area contributed by atoms with Crippen LogP contribution in [-0.2, 0) is 27.2 Å². The lowest BCUT2D eigenvalue weighted by molar-refractivity contribution is -0.154. The number of carbonyl (C=O) groups excluding carboxylic acids is 1. The van der Waals surface area contributed by atoms with Crippen LogP contribution in [0.1, 0.15) is 31.9 Å². The predicted octanol–water partition coefficient (Wildman–Crippen LogP) is 3.41. The molecule has 8 nitrogen and oxygen atoms in total. The fourth-order valence-corrected chi connectivity index (χ4v) is 6.29. The molecule has 37 heavy (non-hydrogen) atoms. The molecule has 0 radical (unpaired) electrons. The number of fused-ring (bicyclic) bond motifs is 1. The molecule has 1 unspecified atom stereocenters. The van der Waals surface area contributed by atoms with Crippen molar-refractivity contribution in [2.24, 2.45) is 23.2 Å². The van der Waals surface area contributed by atoms with Crippen molar-refractivity contribution in [1.82, 2.24) is 5.32 Å². The number of carboxylic acid groups (broad SMARTS) is 2. The predicted molar refractivity (Wildman–Crippen MR) is 126 cm³/mol. The Morgan fingerprint density at radius 1 is 0.973 bits per heavy atom. The molecule has 2 aromatic rings. The summed E-state index contributed by atoms with van der Waals surface area (Å²) in [5, 5.41) is 34.5. The number of benzene rings is 2. The van der Waals surface area contributed by atoms with Crippen molar-refractivity contribution in [3.8, 4) is 0 Å². The van der Waals surface area contributed by atoms with Crippen LogP contribution in [0.15, 0.2) is 48.5 Å². The maximum Gasteiger partial charge on any atom is 0.408 e. The Labute approximate surface area is 212 Å². The quantitative estimate of drug-likeness (QED) is 0.442. The molecule has 2 aliphatic rings. The molecule has 0 aliphatic heterocycles. The molecule has 4 N–H and O–H groups in total. The van der Waals surface area contributed by atoms with E-state index < -0.39 is 76.5 Å². The summed E-state index contributed by atoms with van der Waals surface area (Å²) in [4.78, 5) is 38.5. The first-order valence-corrected chi connectivity index (χ1v) is 11.9. The van der Waals surface area contributed by atoms with Crippen LogP contribution >= 0.6 is 0 Å². The fraction of sp³-hybridized carbons (Fsp3) is 0.444. The minimum Gasteiger partial charge on any atom is -0.481 e. The molecule has 4 rings (SSSR count). The second-order valence-electron chi connectivity index (χ2n) is 10.8. The monoisotopic (exact) mass is 517 g/mol. The number of halogens is 2. The molecule has 2 aromatic carbocycles. The Morgan fingerprint density at radius 3 is 2.00 bits per heavy atom. The van der Waals surface area contributed by atoms with E-state index in [1.165, 1.54) is 36.4 Å². The van der Waals surface area contributed by atoms with E-state index in [4.69, 9.17) is 4.74 Å². The highest BCUT2D eigenvalue weighted by Crippen LogP contribution is 2.75. The lowest BCUT2D eigenvalue weighted by atomic mass is 9.68. The number of carboxylic acids is 2. The first-order valence-electron chi connectivity index (χ1n) is 11.9. The maximum absolute atomic E-state index is 14.8. The molecule has 0 spiro atoms. The van der Waals surface area contributed by atoms with Crippen LogP contribution in [0.3, 0.4) is 0 Å². The summed E-state index contributed by atoms with van der Waals surface area (Å²) in [5.41, 5.74) is -5.16. The van der Waals surface area contributed by atoms with E-state index in [2.05, 4.69) is 5.32 Å². The van der Waals surface area contributed by atoms with Crippen molar-refractivity contribution in [3.05, 3.63) is 71.3 Å². The van der Waals surface area contributed by atoms with Crippen LogP contribution in [0.2, 0.25) is 0 Å². The van der Waals surface area contributed by atoms with Gasteiger partial charge in [0.1, 0.15) is 17.2 Å². The van der Waals surface area contributed by atoms with Crippen molar-refractivity contribution < 1.29 is 43.2 Å². The van der Waals surface area contributed by atoms with E-state index in [0.717, 1.165) is 6.07 Å². The molecular weight excluding hydrogens is 488 g/mol. The Kier molecular flexibility index (Phi) is 6.52. The average molecular weight is 518 g/mol. The topological polar surface area (TPSA) is 133 Å². The van der Waals surface area contributed by atoms with E-state index in [-0.39, 0.29) is 17.5 Å². The van der Waals surface area contributed by atoms with Gasteiger partial charge in [-0.05, 0) is 56.9 Å². The third-order valence-electron chi connectivity index (χ3n) is 7.61. The van der Waals surface area contributed by atoms with E-state index in [1.54, 1.807) is 26.8 Å². The Hall–Kier alpha value is -3.53. The van der Waals surface area contributed by atoms with Gasteiger partial charge in [0.2, 0.25) is 0 Å². The van der Waals surface area contributed by atoms with Gasteiger partial charge < -0.3 is 25.4 Å². The van der Waals surface area contributed by atoms with Gasteiger partial charge in [0.15, 0.2) is 5.54 Å². The van der Waals surface area contributed by atoms with Gasteiger partial charge in [-0.25, -0.2) is 18.4 Å². The smallest absolute Gasteiger partial charge is 0.408 e. The molecule has 0 saturated heterocycles. The number of alkyl carbamates (subject to hydrolysis) is 1. The second kappa shape index (κ2) is 9.09. The highest BCUT2D eigenvalue weighted by atomic mass is 19.1. The van der Waals surface area contributed by atoms with E-state index >= 15 is 0 Å². The van der Waals surface area contributed by atoms with Gasteiger partial charge >= 0.3 is 18.0 Å². The van der Waals surface area contributed by atoms with Crippen LogP contribution in [0.5, 0.6) is 0 Å². The van der Waals surface area contributed by atoms with Crippen molar-refractivity contribution in [2.75, 3.05) is 0 Å². The van der Waals surface area contributed by atoms with Crippen molar-refractivity contribution in [2.45, 2.75) is 50.9 Å². The number of aliphatic hydroxyl groups excluding tert-OH is 1. The third kappa shape index (κ3) is 4.22. The van der Waals surface area contributed by atoms with E-state index in [1.807, 2.05) is 0 Å².